The van der Waals surface area contributed by atoms with Crippen LogP contribution in [0.4, 0.5) is 13.2 Å². The van der Waals surface area contributed by atoms with Gasteiger partial charge in [0.05, 0.1) is 6.61 Å². The SMILES string of the molecule is [N-]=[N+]=NCCc1ccc(OC(F)(F)F)c(CO)c1. The minimum Gasteiger partial charge on any atom is -0.405 e. The van der Waals surface area contributed by atoms with Gasteiger partial charge in [-0.25, -0.2) is 0 Å². The van der Waals surface area contributed by atoms with Crippen molar-refractivity contribution in [2.45, 2.75) is 19.4 Å². The number of hydrogen-bond donors (Lipinski definition) is 1. The van der Waals surface area contributed by atoms with E-state index < -0.39 is 18.7 Å². The van der Waals surface area contributed by atoms with Gasteiger partial charge >= 0.3 is 6.36 Å². The summed E-state index contributed by atoms with van der Waals surface area (Å²) < 4.78 is 39.9. The molecule has 1 N–H and O–H groups in total. The van der Waals surface area contributed by atoms with Gasteiger partial charge < -0.3 is 9.84 Å². The number of aliphatic hydroxyl groups is 1. The summed E-state index contributed by atoms with van der Waals surface area (Å²) in [5.74, 6) is -0.433. The van der Waals surface area contributed by atoms with Crippen LogP contribution in [0.15, 0.2) is 23.3 Å². The van der Waals surface area contributed by atoms with Gasteiger partial charge in [-0.05, 0) is 29.6 Å². The smallest absolute Gasteiger partial charge is 0.405 e. The summed E-state index contributed by atoms with van der Waals surface area (Å²) in [5, 5.41) is 12.3. The van der Waals surface area contributed by atoms with Crippen molar-refractivity contribution in [3.05, 3.63) is 39.8 Å². The zero-order chi connectivity index (χ0) is 13.6. The van der Waals surface area contributed by atoms with E-state index in [0.717, 1.165) is 6.07 Å². The summed E-state index contributed by atoms with van der Waals surface area (Å²) in [5.41, 5.74) is 8.78. The lowest BCUT2D eigenvalue weighted by molar-refractivity contribution is -0.275. The Morgan fingerprint density at radius 2 is 2.11 bits per heavy atom. The van der Waals surface area contributed by atoms with Crippen molar-refractivity contribution in [2.75, 3.05) is 6.54 Å². The monoisotopic (exact) mass is 261 g/mol. The Morgan fingerprint density at radius 1 is 1.39 bits per heavy atom. The first-order valence-electron chi connectivity index (χ1n) is 4.95. The maximum Gasteiger partial charge on any atom is 0.573 e. The molecule has 18 heavy (non-hydrogen) atoms. The third-order valence-electron chi connectivity index (χ3n) is 2.08. The van der Waals surface area contributed by atoms with E-state index in [1.807, 2.05) is 0 Å². The van der Waals surface area contributed by atoms with Crippen LogP contribution in [0.3, 0.4) is 0 Å². The molecule has 0 bridgehead atoms. The Labute approximate surface area is 100 Å². The first kappa shape index (κ1) is 14.1. The lowest BCUT2D eigenvalue weighted by atomic mass is 10.1. The highest BCUT2D eigenvalue weighted by atomic mass is 19.4. The molecule has 0 saturated carbocycles. The molecule has 0 radical (unpaired) electrons. The van der Waals surface area contributed by atoms with Crippen LogP contribution in [0, 0.1) is 0 Å². The number of azide groups is 1. The molecule has 0 atom stereocenters. The number of aliphatic hydroxyl groups excluding tert-OH is 1. The van der Waals surface area contributed by atoms with Gasteiger partial charge in [0.15, 0.2) is 0 Å². The average molecular weight is 261 g/mol. The third kappa shape index (κ3) is 4.52. The lowest BCUT2D eigenvalue weighted by Crippen LogP contribution is -2.18. The Balaban J connectivity index is 2.86. The Kier molecular flexibility index (Phi) is 4.82. The van der Waals surface area contributed by atoms with Gasteiger partial charge in [0, 0.05) is 17.0 Å². The van der Waals surface area contributed by atoms with Crippen molar-refractivity contribution in [3.8, 4) is 5.75 Å². The summed E-state index contributed by atoms with van der Waals surface area (Å²) >= 11 is 0. The van der Waals surface area contributed by atoms with Crippen molar-refractivity contribution in [3.63, 3.8) is 0 Å². The summed E-state index contributed by atoms with van der Waals surface area (Å²) in [6, 6.07) is 3.94. The van der Waals surface area contributed by atoms with Crippen LogP contribution in [0.2, 0.25) is 0 Å². The van der Waals surface area contributed by atoms with E-state index in [9.17, 15) is 13.2 Å². The van der Waals surface area contributed by atoms with E-state index >= 15 is 0 Å². The molecule has 8 heteroatoms. The zero-order valence-corrected chi connectivity index (χ0v) is 9.18. The van der Waals surface area contributed by atoms with E-state index in [4.69, 9.17) is 10.6 Å². The van der Waals surface area contributed by atoms with Crippen LogP contribution >= 0.6 is 0 Å². The molecular formula is C10H10F3N3O2. The molecule has 0 fully saturated rings. The van der Waals surface area contributed by atoms with Crippen LogP contribution in [0.5, 0.6) is 5.75 Å². The molecule has 0 spiro atoms. The van der Waals surface area contributed by atoms with Crippen LogP contribution in [-0.4, -0.2) is 18.0 Å². The predicted molar refractivity (Wildman–Crippen MR) is 56.8 cm³/mol. The first-order valence-corrected chi connectivity index (χ1v) is 4.95. The summed E-state index contributed by atoms with van der Waals surface area (Å²) in [6.07, 6.45) is -4.42. The Hall–Kier alpha value is -1.92. The van der Waals surface area contributed by atoms with E-state index in [0.29, 0.717) is 12.0 Å². The van der Waals surface area contributed by atoms with Gasteiger partial charge in [0.2, 0.25) is 0 Å². The molecule has 0 saturated heterocycles. The Morgan fingerprint density at radius 3 is 2.67 bits per heavy atom. The number of nitrogens with zero attached hydrogens (tertiary/aromatic N) is 3. The predicted octanol–water partition coefficient (Wildman–Crippen LogP) is 2.93. The molecule has 5 nitrogen and oxygen atoms in total. The normalized spacial score (nSPS) is 10.9. The third-order valence-corrected chi connectivity index (χ3v) is 2.08. The first-order chi connectivity index (χ1) is 8.46. The molecule has 0 aliphatic carbocycles. The number of hydrogen-bond acceptors (Lipinski definition) is 3. The average Bonchev–Trinajstić information content (AvgIpc) is 2.29. The van der Waals surface area contributed by atoms with Gasteiger partial charge in [-0.3, -0.25) is 0 Å². The fourth-order valence-electron chi connectivity index (χ4n) is 1.36. The highest BCUT2D eigenvalue weighted by molar-refractivity contribution is 5.37. The molecule has 0 aromatic heterocycles. The minimum atomic E-state index is -4.80. The number of rotatable bonds is 5. The fraction of sp³-hybridized carbons (Fsp3) is 0.400. The number of ether oxygens (including phenoxy) is 1. The second kappa shape index (κ2) is 6.13. The topological polar surface area (TPSA) is 78.2 Å². The van der Waals surface area contributed by atoms with Gasteiger partial charge in [-0.2, -0.15) is 0 Å². The standard InChI is InChI=1S/C10H10F3N3O2/c11-10(12,13)18-9-2-1-7(3-4-15-16-14)5-8(9)6-17/h1-2,5,17H,3-4,6H2. The van der Waals surface area contributed by atoms with Gasteiger partial charge in [-0.1, -0.05) is 11.2 Å². The summed E-state index contributed by atoms with van der Waals surface area (Å²) in [7, 11) is 0. The largest absolute Gasteiger partial charge is 0.573 e. The second-order valence-corrected chi connectivity index (χ2v) is 3.35. The molecular weight excluding hydrogens is 251 g/mol. The van der Waals surface area contributed by atoms with Crippen LogP contribution in [0.25, 0.3) is 10.4 Å². The van der Waals surface area contributed by atoms with E-state index in [1.54, 1.807) is 0 Å². The van der Waals surface area contributed by atoms with Gasteiger partial charge in [0.1, 0.15) is 5.75 Å². The van der Waals surface area contributed by atoms with Crippen molar-refractivity contribution >= 4 is 0 Å². The molecule has 98 valence electrons. The number of alkyl halides is 3. The van der Waals surface area contributed by atoms with Crippen molar-refractivity contribution in [2.24, 2.45) is 5.11 Å². The van der Waals surface area contributed by atoms with Gasteiger partial charge in [0.25, 0.3) is 0 Å². The lowest BCUT2D eigenvalue weighted by Gasteiger charge is -2.13. The summed E-state index contributed by atoms with van der Waals surface area (Å²) in [6.45, 7) is -0.373. The fourth-order valence-corrected chi connectivity index (χ4v) is 1.36. The molecule has 1 aromatic carbocycles. The van der Waals surface area contributed by atoms with Crippen LogP contribution in [-0.2, 0) is 13.0 Å². The van der Waals surface area contributed by atoms with Crippen molar-refractivity contribution in [1.82, 2.24) is 0 Å². The molecule has 1 rings (SSSR count). The molecule has 0 unspecified atom stereocenters. The summed E-state index contributed by atoms with van der Waals surface area (Å²) in [4.78, 5) is 2.56. The van der Waals surface area contributed by atoms with Crippen LogP contribution < -0.4 is 4.74 Å². The molecule has 0 aliphatic heterocycles. The number of halogens is 3. The highest BCUT2D eigenvalue weighted by Gasteiger charge is 2.32. The van der Waals surface area contributed by atoms with Gasteiger partial charge in [-0.15, -0.1) is 13.2 Å². The molecule has 0 aliphatic rings. The molecule has 0 heterocycles. The number of benzene rings is 1. The maximum absolute atomic E-state index is 12.0. The van der Waals surface area contributed by atoms with Crippen molar-refractivity contribution < 1.29 is 23.0 Å². The Bertz CT molecular complexity index is 456. The quantitative estimate of drug-likeness (QED) is 0.502. The van der Waals surface area contributed by atoms with E-state index in [2.05, 4.69) is 14.8 Å². The van der Waals surface area contributed by atoms with E-state index in [1.165, 1.54) is 12.1 Å². The maximum atomic E-state index is 12.0. The zero-order valence-electron chi connectivity index (χ0n) is 9.18. The minimum absolute atomic E-state index is 0.0331. The highest BCUT2D eigenvalue weighted by Crippen LogP contribution is 2.27. The van der Waals surface area contributed by atoms with Crippen LogP contribution in [0.1, 0.15) is 11.1 Å². The van der Waals surface area contributed by atoms with Crippen molar-refractivity contribution in [1.29, 1.82) is 0 Å². The second-order valence-electron chi connectivity index (χ2n) is 3.35. The molecule has 0 amide bonds. The van der Waals surface area contributed by atoms with E-state index in [-0.39, 0.29) is 12.1 Å². The molecule has 1 aromatic rings.